The highest BCUT2D eigenvalue weighted by atomic mass is 16.1. The molecular formula is C11H23N5O. The quantitative estimate of drug-likeness (QED) is 0.231. The molecular weight excluding hydrogens is 218 g/mol. The van der Waals surface area contributed by atoms with Crippen LogP contribution in [0.15, 0.2) is 0 Å². The van der Waals surface area contributed by atoms with Gasteiger partial charge in [-0.2, -0.15) is 0 Å². The molecule has 0 aromatic heterocycles. The number of primary amides is 1. The molecule has 0 unspecified atom stereocenters. The van der Waals surface area contributed by atoms with Gasteiger partial charge < -0.3 is 16.1 Å². The number of nitrogens with zero attached hydrogens (tertiary/aromatic N) is 1. The second kappa shape index (κ2) is 6.56. The van der Waals surface area contributed by atoms with E-state index in [2.05, 4.69) is 5.32 Å². The van der Waals surface area contributed by atoms with Crippen LogP contribution >= 0.6 is 0 Å². The zero-order chi connectivity index (χ0) is 12.8. The van der Waals surface area contributed by atoms with Crippen molar-refractivity contribution in [1.82, 2.24) is 10.3 Å². The van der Waals surface area contributed by atoms with Gasteiger partial charge in [0.25, 0.3) is 0 Å². The van der Waals surface area contributed by atoms with Crippen molar-refractivity contribution in [2.24, 2.45) is 17.5 Å². The smallest absolute Gasteiger partial charge is 0.217 e. The van der Waals surface area contributed by atoms with Gasteiger partial charge in [0.2, 0.25) is 5.91 Å². The molecule has 1 saturated carbocycles. The Hall–Kier alpha value is -1.14. The number of hydrogen-bond donors (Lipinski definition) is 4. The number of carbonyl (C=O) groups is 1. The molecule has 0 aromatic rings. The van der Waals surface area contributed by atoms with Crippen molar-refractivity contribution in [3.8, 4) is 0 Å². The molecule has 1 fully saturated rings. The Balaban J connectivity index is 2.19. The molecule has 1 amide bonds. The predicted molar refractivity (Wildman–Crippen MR) is 67.2 cm³/mol. The first kappa shape index (κ1) is 13.9. The molecule has 0 heterocycles. The molecule has 6 nitrogen and oxygen atoms in total. The molecule has 98 valence electrons. The Morgan fingerprint density at radius 1 is 1.41 bits per heavy atom. The van der Waals surface area contributed by atoms with E-state index in [-0.39, 0.29) is 5.91 Å². The lowest BCUT2D eigenvalue weighted by molar-refractivity contribution is -0.119. The highest BCUT2D eigenvalue weighted by Gasteiger charge is 2.22. The van der Waals surface area contributed by atoms with Crippen molar-refractivity contribution in [2.45, 2.75) is 38.1 Å². The molecule has 0 saturated heterocycles. The fraction of sp³-hybridized carbons (Fsp3) is 0.818. The van der Waals surface area contributed by atoms with Crippen molar-refractivity contribution in [2.75, 3.05) is 13.6 Å². The molecule has 17 heavy (non-hydrogen) atoms. The van der Waals surface area contributed by atoms with E-state index in [1.807, 2.05) is 0 Å². The maximum atomic E-state index is 10.8. The van der Waals surface area contributed by atoms with Gasteiger partial charge in [0.15, 0.2) is 0 Å². The van der Waals surface area contributed by atoms with E-state index in [0.717, 1.165) is 25.7 Å². The number of hydrogen-bond acceptors (Lipinski definition) is 4. The summed E-state index contributed by atoms with van der Waals surface area (Å²) in [7, 11) is 1.66. The highest BCUT2D eigenvalue weighted by molar-refractivity contribution is 5.80. The van der Waals surface area contributed by atoms with Gasteiger partial charge in [-0.05, 0) is 31.6 Å². The lowest BCUT2D eigenvalue weighted by Crippen LogP contribution is -2.43. The van der Waals surface area contributed by atoms with Crippen LogP contribution in [0, 0.1) is 11.3 Å². The topological polar surface area (TPSA) is 108 Å². The van der Waals surface area contributed by atoms with Crippen LogP contribution < -0.4 is 16.9 Å². The number of amidine groups is 1. The number of carbonyl (C=O) groups excluding carboxylic acids is 1. The number of amides is 1. The van der Waals surface area contributed by atoms with E-state index in [1.54, 1.807) is 7.05 Å². The van der Waals surface area contributed by atoms with Crippen molar-refractivity contribution in [1.29, 1.82) is 5.41 Å². The van der Waals surface area contributed by atoms with Crippen LogP contribution in [-0.2, 0) is 4.79 Å². The minimum Gasteiger partial charge on any atom is -0.370 e. The SMILES string of the molecule is CN(N)C(=N)CN[C@H]1CC[C@H](CC(N)=O)CC1. The maximum absolute atomic E-state index is 10.8. The van der Waals surface area contributed by atoms with Gasteiger partial charge in [-0.1, -0.05) is 0 Å². The number of hydrazine groups is 1. The second-order valence-electron chi connectivity index (χ2n) is 4.83. The lowest BCUT2D eigenvalue weighted by Gasteiger charge is -2.29. The van der Waals surface area contributed by atoms with E-state index in [9.17, 15) is 4.79 Å². The third kappa shape index (κ3) is 5.14. The van der Waals surface area contributed by atoms with Crippen LogP contribution in [0.5, 0.6) is 0 Å². The predicted octanol–water partition coefficient (Wildman–Crippen LogP) is -0.207. The number of nitrogens with one attached hydrogen (secondary N) is 2. The Morgan fingerprint density at radius 3 is 2.47 bits per heavy atom. The Labute approximate surface area is 102 Å². The lowest BCUT2D eigenvalue weighted by atomic mass is 9.84. The summed E-state index contributed by atoms with van der Waals surface area (Å²) >= 11 is 0. The van der Waals surface area contributed by atoms with E-state index in [0.29, 0.717) is 30.8 Å². The standard InChI is InChI=1S/C11H23N5O/c1-16(14)10(12)7-15-9-4-2-8(3-5-9)6-11(13)17/h8-9,12,15H,2-7,14H2,1H3,(H2,13,17)/t8-,9-. The minimum absolute atomic E-state index is 0.201. The fourth-order valence-corrected chi connectivity index (χ4v) is 2.22. The zero-order valence-corrected chi connectivity index (χ0v) is 10.4. The van der Waals surface area contributed by atoms with Crippen molar-refractivity contribution in [3.63, 3.8) is 0 Å². The summed E-state index contributed by atoms with van der Waals surface area (Å²) in [5, 5.41) is 12.2. The molecule has 0 bridgehead atoms. The van der Waals surface area contributed by atoms with Crippen molar-refractivity contribution < 1.29 is 4.79 Å². The van der Waals surface area contributed by atoms with Gasteiger partial charge in [-0.3, -0.25) is 10.2 Å². The first-order valence-electron chi connectivity index (χ1n) is 6.06. The Morgan fingerprint density at radius 2 is 2.00 bits per heavy atom. The molecule has 0 spiro atoms. The molecule has 0 atom stereocenters. The van der Waals surface area contributed by atoms with Gasteiger partial charge >= 0.3 is 0 Å². The van der Waals surface area contributed by atoms with Crippen LogP contribution in [-0.4, -0.2) is 36.4 Å². The molecule has 6 heteroatoms. The molecule has 0 radical (unpaired) electrons. The van der Waals surface area contributed by atoms with Crippen LogP contribution in [0.25, 0.3) is 0 Å². The third-order valence-corrected chi connectivity index (χ3v) is 3.32. The molecule has 0 aliphatic heterocycles. The Bertz CT molecular complexity index is 271. The summed E-state index contributed by atoms with van der Waals surface area (Å²) in [6.07, 6.45) is 4.66. The molecule has 1 rings (SSSR count). The van der Waals surface area contributed by atoms with E-state index in [4.69, 9.17) is 17.0 Å². The average Bonchev–Trinajstić information content (AvgIpc) is 2.26. The first-order valence-corrected chi connectivity index (χ1v) is 6.06. The minimum atomic E-state index is -0.201. The summed E-state index contributed by atoms with van der Waals surface area (Å²) in [5.74, 6) is 6.07. The Kier molecular flexibility index (Phi) is 5.37. The van der Waals surface area contributed by atoms with Crippen LogP contribution in [0.2, 0.25) is 0 Å². The fourth-order valence-electron chi connectivity index (χ4n) is 2.22. The summed E-state index contributed by atoms with van der Waals surface area (Å²) in [6.45, 7) is 0.498. The van der Waals surface area contributed by atoms with Gasteiger partial charge in [-0.15, -0.1) is 0 Å². The highest BCUT2D eigenvalue weighted by Crippen LogP contribution is 2.26. The summed E-state index contributed by atoms with van der Waals surface area (Å²) in [5.41, 5.74) is 5.19. The van der Waals surface area contributed by atoms with Gasteiger partial charge in [0.1, 0.15) is 5.84 Å². The third-order valence-electron chi connectivity index (χ3n) is 3.32. The van der Waals surface area contributed by atoms with E-state index >= 15 is 0 Å². The summed E-state index contributed by atoms with van der Waals surface area (Å²) < 4.78 is 0. The van der Waals surface area contributed by atoms with Crippen LogP contribution in [0.4, 0.5) is 0 Å². The molecule has 1 aliphatic rings. The van der Waals surface area contributed by atoms with Crippen LogP contribution in [0.1, 0.15) is 32.1 Å². The van der Waals surface area contributed by atoms with Gasteiger partial charge in [0, 0.05) is 19.5 Å². The molecule has 1 aliphatic carbocycles. The number of nitrogens with two attached hydrogens (primary N) is 2. The molecule has 0 aromatic carbocycles. The maximum Gasteiger partial charge on any atom is 0.217 e. The average molecular weight is 241 g/mol. The number of rotatable bonds is 5. The van der Waals surface area contributed by atoms with E-state index < -0.39 is 0 Å². The van der Waals surface area contributed by atoms with Gasteiger partial charge in [0.05, 0.1) is 6.54 Å². The van der Waals surface area contributed by atoms with E-state index in [1.165, 1.54) is 5.01 Å². The zero-order valence-electron chi connectivity index (χ0n) is 10.4. The first-order chi connectivity index (χ1) is 7.99. The number of likely N-dealkylation sites (N-methyl/N-ethyl adjacent to an activating group) is 1. The normalized spacial score (nSPS) is 24.4. The largest absolute Gasteiger partial charge is 0.370 e. The molecule has 6 N–H and O–H groups in total. The van der Waals surface area contributed by atoms with Gasteiger partial charge in [-0.25, -0.2) is 5.84 Å². The summed E-state index contributed by atoms with van der Waals surface area (Å²) in [6, 6.07) is 0.430. The summed E-state index contributed by atoms with van der Waals surface area (Å²) in [4.78, 5) is 10.8. The second-order valence-corrected chi connectivity index (χ2v) is 4.83. The monoisotopic (exact) mass is 241 g/mol. The van der Waals surface area contributed by atoms with Crippen molar-refractivity contribution in [3.05, 3.63) is 0 Å². The van der Waals surface area contributed by atoms with Crippen molar-refractivity contribution >= 4 is 11.7 Å². The van der Waals surface area contributed by atoms with Crippen LogP contribution in [0.3, 0.4) is 0 Å².